The van der Waals surface area contributed by atoms with Gasteiger partial charge >= 0.3 is 17.9 Å². The quantitative estimate of drug-likeness (QED) is 0.250. The van der Waals surface area contributed by atoms with Gasteiger partial charge in [-0.15, -0.1) is 0 Å². The Morgan fingerprint density at radius 1 is 0.686 bits per heavy atom. The predicted octanol–water partition coefficient (Wildman–Crippen LogP) is 4.88. The zero-order chi connectivity index (χ0) is 26.2. The van der Waals surface area contributed by atoms with Gasteiger partial charge in [0.1, 0.15) is 0 Å². The van der Waals surface area contributed by atoms with E-state index < -0.39 is 5.97 Å². The van der Waals surface area contributed by atoms with Crippen LogP contribution < -0.4 is 0 Å². The SMILES string of the molecule is CCOC(=O)CCCBr.CCOC(=O)CCCN1CCCCC1.O=C(O)CCCN1CCCCC1. The van der Waals surface area contributed by atoms with Gasteiger partial charge in [-0.3, -0.25) is 14.4 Å². The van der Waals surface area contributed by atoms with Gasteiger partial charge < -0.3 is 24.4 Å². The maximum absolute atomic E-state index is 11.0. The van der Waals surface area contributed by atoms with Gasteiger partial charge in [0.25, 0.3) is 0 Å². The number of carboxylic acid groups (broad SMARTS) is 1. The molecule has 0 spiro atoms. The molecule has 35 heavy (non-hydrogen) atoms. The third-order valence-electron chi connectivity index (χ3n) is 5.74. The molecule has 0 saturated carbocycles. The van der Waals surface area contributed by atoms with Crippen LogP contribution in [-0.2, 0) is 23.9 Å². The maximum atomic E-state index is 11.0. The Hall–Kier alpha value is -1.19. The highest BCUT2D eigenvalue weighted by atomic mass is 79.9. The monoisotopic (exact) mass is 564 g/mol. The minimum absolute atomic E-state index is 0.0514. The van der Waals surface area contributed by atoms with Crippen LogP contribution in [0.2, 0.25) is 0 Å². The first-order chi connectivity index (χ1) is 16.9. The molecule has 206 valence electrons. The molecular weight excluding hydrogens is 516 g/mol. The summed E-state index contributed by atoms with van der Waals surface area (Å²) in [6.07, 6.45) is 11.9. The second kappa shape index (κ2) is 24.5. The lowest BCUT2D eigenvalue weighted by atomic mass is 10.1. The number of likely N-dealkylation sites (tertiary alicyclic amines) is 2. The maximum Gasteiger partial charge on any atom is 0.305 e. The third-order valence-corrected chi connectivity index (χ3v) is 6.30. The van der Waals surface area contributed by atoms with Crippen molar-refractivity contribution in [2.75, 3.05) is 57.8 Å². The van der Waals surface area contributed by atoms with Crippen molar-refractivity contribution in [2.45, 2.75) is 90.9 Å². The Morgan fingerprint density at radius 2 is 1.09 bits per heavy atom. The summed E-state index contributed by atoms with van der Waals surface area (Å²) >= 11 is 3.22. The topological polar surface area (TPSA) is 96.4 Å². The summed E-state index contributed by atoms with van der Waals surface area (Å²) in [6.45, 7) is 11.4. The van der Waals surface area contributed by atoms with Crippen LogP contribution in [0.15, 0.2) is 0 Å². The van der Waals surface area contributed by atoms with E-state index in [1.165, 1.54) is 64.7 Å². The van der Waals surface area contributed by atoms with Crippen molar-refractivity contribution < 1.29 is 29.0 Å². The van der Waals surface area contributed by atoms with Crippen molar-refractivity contribution in [3.63, 3.8) is 0 Å². The molecular formula is C26H49BrN2O6. The first kappa shape index (κ1) is 33.8. The number of ether oxygens (including phenoxy) is 2. The van der Waals surface area contributed by atoms with E-state index >= 15 is 0 Å². The van der Waals surface area contributed by atoms with Crippen molar-refractivity contribution in [1.82, 2.24) is 9.80 Å². The first-order valence-electron chi connectivity index (χ1n) is 13.5. The summed E-state index contributed by atoms with van der Waals surface area (Å²) in [5.41, 5.74) is 0. The summed E-state index contributed by atoms with van der Waals surface area (Å²) < 4.78 is 9.56. The van der Waals surface area contributed by atoms with Gasteiger partial charge in [0.2, 0.25) is 0 Å². The van der Waals surface area contributed by atoms with E-state index in [1.54, 1.807) is 0 Å². The van der Waals surface area contributed by atoms with E-state index in [0.717, 1.165) is 37.7 Å². The van der Waals surface area contributed by atoms with E-state index in [2.05, 4.69) is 30.5 Å². The second-order valence-corrected chi connectivity index (χ2v) is 9.60. The van der Waals surface area contributed by atoms with Crippen LogP contribution in [0.3, 0.4) is 0 Å². The number of piperidine rings is 2. The van der Waals surface area contributed by atoms with Gasteiger partial charge in [-0.05, 0) is 98.1 Å². The molecule has 0 aromatic heterocycles. The molecule has 9 heteroatoms. The largest absolute Gasteiger partial charge is 0.481 e. The standard InChI is InChI=1S/C11H21NO2.C9H17NO2.C6H11BrO2/c1-2-14-11(13)7-6-10-12-8-4-3-5-9-12;11-9(12)5-4-8-10-6-2-1-3-7-10;1-2-9-6(8)4-3-5-7/h2-10H2,1H3;1-8H2,(H,11,12);2-5H2,1H3. The molecule has 2 heterocycles. The molecule has 2 aliphatic heterocycles. The van der Waals surface area contributed by atoms with Crippen LogP contribution in [0.25, 0.3) is 0 Å². The number of halogens is 1. The van der Waals surface area contributed by atoms with E-state index in [9.17, 15) is 14.4 Å². The van der Waals surface area contributed by atoms with Gasteiger partial charge in [0, 0.05) is 24.6 Å². The molecule has 0 aromatic carbocycles. The van der Waals surface area contributed by atoms with E-state index in [-0.39, 0.29) is 11.9 Å². The van der Waals surface area contributed by atoms with Crippen molar-refractivity contribution in [2.24, 2.45) is 0 Å². The van der Waals surface area contributed by atoms with Crippen LogP contribution in [-0.4, -0.2) is 90.6 Å². The number of carboxylic acids is 1. The molecule has 0 aliphatic carbocycles. The highest BCUT2D eigenvalue weighted by Gasteiger charge is 2.11. The number of rotatable bonds is 13. The molecule has 2 rings (SSSR count). The Kier molecular flexibility index (Phi) is 23.7. The molecule has 0 aromatic rings. The second-order valence-electron chi connectivity index (χ2n) is 8.81. The lowest BCUT2D eigenvalue weighted by molar-refractivity contribution is -0.144. The Labute approximate surface area is 221 Å². The van der Waals surface area contributed by atoms with Gasteiger partial charge in [0.05, 0.1) is 13.2 Å². The van der Waals surface area contributed by atoms with Crippen molar-refractivity contribution in [1.29, 1.82) is 0 Å². The Morgan fingerprint density at radius 3 is 1.46 bits per heavy atom. The first-order valence-corrected chi connectivity index (χ1v) is 14.6. The average molecular weight is 566 g/mol. The smallest absolute Gasteiger partial charge is 0.305 e. The number of hydrogen-bond acceptors (Lipinski definition) is 7. The molecule has 0 unspecified atom stereocenters. The average Bonchev–Trinajstić information content (AvgIpc) is 2.85. The number of alkyl halides is 1. The molecule has 8 nitrogen and oxygen atoms in total. The molecule has 1 N–H and O–H groups in total. The Balaban J connectivity index is 0.000000509. The number of carbonyl (C=O) groups excluding carboxylic acids is 2. The van der Waals surface area contributed by atoms with Crippen LogP contribution >= 0.6 is 15.9 Å². The number of esters is 2. The summed E-state index contributed by atoms with van der Waals surface area (Å²) in [7, 11) is 0. The van der Waals surface area contributed by atoms with Crippen molar-refractivity contribution in [3.8, 4) is 0 Å². The molecule has 0 bridgehead atoms. The highest BCUT2D eigenvalue weighted by Crippen LogP contribution is 2.10. The molecule has 0 atom stereocenters. The van der Waals surface area contributed by atoms with Gasteiger partial charge in [-0.25, -0.2) is 0 Å². The zero-order valence-corrected chi connectivity index (χ0v) is 23.7. The fourth-order valence-electron chi connectivity index (χ4n) is 3.94. The highest BCUT2D eigenvalue weighted by molar-refractivity contribution is 9.09. The fourth-order valence-corrected chi connectivity index (χ4v) is 4.22. The molecule has 0 amide bonds. The minimum atomic E-state index is -0.674. The van der Waals surface area contributed by atoms with Crippen LogP contribution in [0.1, 0.15) is 90.9 Å². The van der Waals surface area contributed by atoms with E-state index in [0.29, 0.717) is 32.5 Å². The third kappa shape index (κ3) is 23.0. The van der Waals surface area contributed by atoms with Crippen LogP contribution in [0, 0.1) is 0 Å². The predicted molar refractivity (Wildman–Crippen MR) is 143 cm³/mol. The molecule has 2 saturated heterocycles. The molecule has 0 radical (unpaired) electrons. The van der Waals surface area contributed by atoms with Crippen LogP contribution in [0.4, 0.5) is 0 Å². The normalized spacial score (nSPS) is 16.2. The fraction of sp³-hybridized carbons (Fsp3) is 0.885. The Bertz CT molecular complexity index is 538. The minimum Gasteiger partial charge on any atom is -0.481 e. The summed E-state index contributed by atoms with van der Waals surface area (Å²) in [6, 6.07) is 0. The van der Waals surface area contributed by atoms with E-state index in [4.69, 9.17) is 9.84 Å². The summed E-state index contributed by atoms with van der Waals surface area (Å²) in [4.78, 5) is 36.6. The number of nitrogens with zero attached hydrogens (tertiary/aromatic N) is 2. The lowest BCUT2D eigenvalue weighted by Gasteiger charge is -2.26. The van der Waals surface area contributed by atoms with Gasteiger partial charge in [-0.2, -0.15) is 0 Å². The molecule has 2 aliphatic rings. The van der Waals surface area contributed by atoms with Gasteiger partial charge in [0.15, 0.2) is 0 Å². The summed E-state index contributed by atoms with van der Waals surface area (Å²) in [5, 5.41) is 9.29. The number of carbonyl (C=O) groups is 3. The summed E-state index contributed by atoms with van der Waals surface area (Å²) in [5.74, 6) is -0.825. The van der Waals surface area contributed by atoms with Gasteiger partial charge in [-0.1, -0.05) is 28.8 Å². The van der Waals surface area contributed by atoms with E-state index in [1.807, 2.05) is 13.8 Å². The van der Waals surface area contributed by atoms with Crippen molar-refractivity contribution >= 4 is 33.8 Å². The number of aliphatic carboxylic acids is 1. The van der Waals surface area contributed by atoms with Crippen LogP contribution in [0.5, 0.6) is 0 Å². The number of hydrogen-bond donors (Lipinski definition) is 1. The molecule has 2 fully saturated rings. The zero-order valence-electron chi connectivity index (χ0n) is 22.1. The lowest BCUT2D eigenvalue weighted by Crippen LogP contribution is -2.30. The van der Waals surface area contributed by atoms with Crippen molar-refractivity contribution in [3.05, 3.63) is 0 Å².